The molecule has 11 heavy (non-hydrogen) atoms. The molecule has 1 N–H and O–H groups in total. The molecule has 0 aromatic rings. The van der Waals surface area contributed by atoms with Gasteiger partial charge in [-0.2, -0.15) is 0 Å². The van der Waals surface area contributed by atoms with E-state index in [1.807, 2.05) is 0 Å². The van der Waals surface area contributed by atoms with E-state index in [1.165, 1.54) is 0 Å². The van der Waals surface area contributed by atoms with Crippen LogP contribution in [0.2, 0.25) is 0 Å². The number of hydrogen-bond donors (Lipinski definition) is 1. The SMILES string of the molecule is CC(F)(F)C(C)(CCl)C(=O)O. The molecule has 0 aromatic carbocycles. The van der Waals surface area contributed by atoms with Crippen molar-refractivity contribution in [3.05, 3.63) is 0 Å². The molecule has 1 atom stereocenters. The van der Waals surface area contributed by atoms with E-state index in [-0.39, 0.29) is 0 Å². The Morgan fingerprint density at radius 2 is 1.91 bits per heavy atom. The Morgan fingerprint density at radius 1 is 1.55 bits per heavy atom. The van der Waals surface area contributed by atoms with Gasteiger partial charge in [-0.15, -0.1) is 11.6 Å². The Hall–Kier alpha value is -0.380. The van der Waals surface area contributed by atoms with Gasteiger partial charge < -0.3 is 5.11 Å². The fraction of sp³-hybridized carbons (Fsp3) is 0.833. The number of carboxylic acid groups (broad SMARTS) is 1. The molecular weight excluding hydrogens is 178 g/mol. The van der Waals surface area contributed by atoms with Crippen molar-refractivity contribution in [2.75, 3.05) is 5.88 Å². The third kappa shape index (κ3) is 1.80. The highest BCUT2D eigenvalue weighted by Gasteiger charge is 2.51. The van der Waals surface area contributed by atoms with E-state index in [2.05, 4.69) is 0 Å². The Balaban J connectivity index is 4.75. The summed E-state index contributed by atoms with van der Waals surface area (Å²) in [5.41, 5.74) is -2.17. The molecule has 0 amide bonds. The molecule has 0 saturated heterocycles. The second kappa shape index (κ2) is 2.93. The van der Waals surface area contributed by atoms with Crippen molar-refractivity contribution in [3.8, 4) is 0 Å². The molecular formula is C6H9ClF2O2. The molecule has 0 aliphatic rings. The molecule has 0 heterocycles. The molecule has 0 aromatic heterocycles. The second-order valence-electron chi connectivity index (χ2n) is 2.66. The smallest absolute Gasteiger partial charge is 0.316 e. The maximum absolute atomic E-state index is 12.6. The summed E-state index contributed by atoms with van der Waals surface area (Å²) in [5, 5.41) is 8.40. The highest BCUT2D eigenvalue weighted by molar-refractivity contribution is 6.19. The molecule has 0 aliphatic carbocycles. The lowest BCUT2D eigenvalue weighted by molar-refractivity contribution is -0.168. The zero-order valence-electron chi connectivity index (χ0n) is 6.20. The van der Waals surface area contributed by atoms with Gasteiger partial charge in [-0.3, -0.25) is 4.79 Å². The summed E-state index contributed by atoms with van der Waals surface area (Å²) in [5.74, 6) is -5.49. The molecule has 1 unspecified atom stereocenters. The molecule has 0 saturated carbocycles. The first-order chi connectivity index (χ1) is 4.75. The number of carbonyl (C=O) groups is 1. The van der Waals surface area contributed by atoms with E-state index in [4.69, 9.17) is 16.7 Å². The Morgan fingerprint density at radius 3 is 1.91 bits per heavy atom. The van der Waals surface area contributed by atoms with Crippen LogP contribution in [0.1, 0.15) is 13.8 Å². The van der Waals surface area contributed by atoms with Crippen molar-refractivity contribution in [3.63, 3.8) is 0 Å². The lowest BCUT2D eigenvalue weighted by Gasteiger charge is -2.28. The van der Waals surface area contributed by atoms with Gasteiger partial charge in [0, 0.05) is 12.8 Å². The Kier molecular flexibility index (Phi) is 2.83. The normalized spacial score (nSPS) is 17.5. The van der Waals surface area contributed by atoms with Crippen LogP contribution in [0.4, 0.5) is 8.78 Å². The largest absolute Gasteiger partial charge is 0.481 e. The van der Waals surface area contributed by atoms with Gasteiger partial charge in [0.2, 0.25) is 0 Å². The zero-order valence-corrected chi connectivity index (χ0v) is 6.95. The lowest BCUT2D eigenvalue weighted by atomic mass is 9.86. The van der Waals surface area contributed by atoms with Crippen molar-refractivity contribution in [1.29, 1.82) is 0 Å². The lowest BCUT2D eigenvalue weighted by Crippen LogP contribution is -2.44. The van der Waals surface area contributed by atoms with Crippen molar-refractivity contribution in [2.45, 2.75) is 19.8 Å². The van der Waals surface area contributed by atoms with Gasteiger partial charge in [0.05, 0.1) is 0 Å². The van der Waals surface area contributed by atoms with Gasteiger partial charge in [-0.05, 0) is 6.92 Å². The van der Waals surface area contributed by atoms with Gasteiger partial charge in [0.1, 0.15) is 5.41 Å². The number of halogens is 3. The number of alkyl halides is 3. The van der Waals surface area contributed by atoms with E-state index in [1.54, 1.807) is 0 Å². The van der Waals surface area contributed by atoms with Gasteiger partial charge in [0.25, 0.3) is 5.92 Å². The summed E-state index contributed by atoms with van der Waals surface area (Å²) < 4.78 is 25.1. The van der Waals surface area contributed by atoms with Crippen LogP contribution >= 0.6 is 11.6 Å². The van der Waals surface area contributed by atoms with Crippen LogP contribution in [-0.2, 0) is 4.79 Å². The standard InChI is InChI=1S/C6H9ClF2O2/c1-5(3-7,4(10)11)6(2,8)9/h3H2,1-2H3,(H,10,11). The van der Waals surface area contributed by atoms with Gasteiger partial charge >= 0.3 is 5.97 Å². The molecule has 0 rings (SSSR count). The first kappa shape index (κ1) is 10.6. The van der Waals surface area contributed by atoms with Crippen LogP contribution in [0.15, 0.2) is 0 Å². The van der Waals surface area contributed by atoms with Crippen LogP contribution in [-0.4, -0.2) is 22.9 Å². The molecule has 0 fully saturated rings. The van der Waals surface area contributed by atoms with Crippen molar-refractivity contribution < 1.29 is 18.7 Å². The summed E-state index contributed by atoms with van der Waals surface area (Å²) in [6, 6.07) is 0. The number of aliphatic carboxylic acids is 1. The summed E-state index contributed by atoms with van der Waals surface area (Å²) in [7, 11) is 0. The Bertz CT molecular complexity index is 166. The minimum absolute atomic E-state index is 0.545. The number of hydrogen-bond acceptors (Lipinski definition) is 1. The predicted molar refractivity (Wildman–Crippen MR) is 37.1 cm³/mol. The zero-order chi connectivity index (χ0) is 9.28. The molecule has 0 spiro atoms. The van der Waals surface area contributed by atoms with E-state index in [0.29, 0.717) is 6.92 Å². The highest BCUT2D eigenvalue weighted by atomic mass is 35.5. The molecule has 5 heteroatoms. The molecule has 2 nitrogen and oxygen atoms in total. The maximum atomic E-state index is 12.6. The van der Waals surface area contributed by atoms with E-state index in [0.717, 1.165) is 6.92 Å². The van der Waals surface area contributed by atoms with Gasteiger partial charge in [-0.25, -0.2) is 8.78 Å². The van der Waals surface area contributed by atoms with Crippen LogP contribution < -0.4 is 0 Å². The monoisotopic (exact) mass is 186 g/mol. The van der Waals surface area contributed by atoms with Crippen molar-refractivity contribution in [1.82, 2.24) is 0 Å². The first-order valence-electron chi connectivity index (χ1n) is 2.93. The van der Waals surface area contributed by atoms with E-state index >= 15 is 0 Å². The first-order valence-corrected chi connectivity index (χ1v) is 3.46. The summed E-state index contributed by atoms with van der Waals surface area (Å²) in [6.07, 6.45) is 0. The van der Waals surface area contributed by atoms with Crippen LogP contribution in [0, 0.1) is 5.41 Å². The quantitative estimate of drug-likeness (QED) is 0.685. The summed E-state index contributed by atoms with van der Waals surface area (Å²) in [6.45, 7) is 1.46. The predicted octanol–water partition coefficient (Wildman–Crippen LogP) is 1.97. The summed E-state index contributed by atoms with van der Waals surface area (Å²) >= 11 is 5.13. The second-order valence-corrected chi connectivity index (χ2v) is 2.93. The third-order valence-electron chi connectivity index (χ3n) is 1.71. The average molecular weight is 187 g/mol. The van der Waals surface area contributed by atoms with Gasteiger partial charge in [0.15, 0.2) is 0 Å². The molecule has 0 bridgehead atoms. The third-order valence-corrected chi connectivity index (χ3v) is 2.24. The van der Waals surface area contributed by atoms with Crippen LogP contribution in [0.5, 0.6) is 0 Å². The molecule has 66 valence electrons. The fourth-order valence-corrected chi connectivity index (χ4v) is 0.711. The molecule has 0 radical (unpaired) electrons. The minimum Gasteiger partial charge on any atom is -0.481 e. The fourth-order valence-electron chi connectivity index (χ4n) is 0.362. The minimum atomic E-state index is -3.30. The average Bonchev–Trinajstić information content (AvgIpc) is 1.83. The van der Waals surface area contributed by atoms with Crippen LogP contribution in [0.3, 0.4) is 0 Å². The van der Waals surface area contributed by atoms with E-state index in [9.17, 15) is 13.6 Å². The van der Waals surface area contributed by atoms with Crippen molar-refractivity contribution >= 4 is 17.6 Å². The summed E-state index contributed by atoms with van der Waals surface area (Å²) in [4.78, 5) is 10.3. The molecule has 0 aliphatic heterocycles. The van der Waals surface area contributed by atoms with Crippen LogP contribution in [0.25, 0.3) is 0 Å². The number of rotatable bonds is 3. The van der Waals surface area contributed by atoms with E-state index < -0.39 is 23.2 Å². The highest BCUT2D eigenvalue weighted by Crippen LogP contribution is 2.37. The van der Waals surface area contributed by atoms with Gasteiger partial charge in [-0.1, -0.05) is 0 Å². The maximum Gasteiger partial charge on any atom is 0.316 e. The Labute approximate surface area is 68.2 Å². The number of carboxylic acids is 1. The van der Waals surface area contributed by atoms with Crippen molar-refractivity contribution in [2.24, 2.45) is 5.41 Å². The topological polar surface area (TPSA) is 37.3 Å².